The molecule has 24 heavy (non-hydrogen) atoms. The lowest BCUT2D eigenvalue weighted by Crippen LogP contribution is -2.46. The second-order valence-electron chi connectivity index (χ2n) is 6.89. The Hall–Kier alpha value is -1.46. The zero-order valence-electron chi connectivity index (χ0n) is 14.1. The summed E-state index contributed by atoms with van der Waals surface area (Å²) in [6.07, 6.45) is 1.77. The number of rotatable bonds is 3. The molecule has 0 amide bonds. The third-order valence-electron chi connectivity index (χ3n) is 5.31. The van der Waals surface area contributed by atoms with Crippen LogP contribution in [0, 0.1) is 16.7 Å². The Morgan fingerprint density at radius 3 is 2.42 bits per heavy atom. The maximum absolute atomic E-state index is 13.0. The van der Waals surface area contributed by atoms with Gasteiger partial charge in [0.2, 0.25) is 10.0 Å². The Kier molecular flexibility index (Phi) is 4.67. The molecule has 0 radical (unpaired) electrons. The van der Waals surface area contributed by atoms with Crippen LogP contribution in [0.5, 0.6) is 0 Å². The standard InChI is InChI=1S/C17H23N3O3S/c1-19(2)16-12-20(13-17(16)7-9-23-10-8-17)24(21,22)15-5-3-14(11-18)4-6-15/h3-6,16H,7-10,12-13H2,1-2H3. The SMILES string of the molecule is CN(C)C1CN(S(=O)(=O)c2ccc(C#N)cc2)CC12CCOCC2. The maximum Gasteiger partial charge on any atom is 0.243 e. The van der Waals surface area contributed by atoms with Crippen molar-refractivity contribution in [3.63, 3.8) is 0 Å². The third kappa shape index (κ3) is 2.95. The average Bonchev–Trinajstić information content (AvgIpc) is 2.95. The highest BCUT2D eigenvalue weighted by Crippen LogP contribution is 2.43. The number of hydrogen-bond acceptors (Lipinski definition) is 5. The molecule has 1 aromatic carbocycles. The van der Waals surface area contributed by atoms with Gasteiger partial charge in [0.25, 0.3) is 0 Å². The van der Waals surface area contributed by atoms with Crippen molar-refractivity contribution in [3.8, 4) is 6.07 Å². The molecule has 0 aliphatic carbocycles. The minimum Gasteiger partial charge on any atom is -0.381 e. The van der Waals surface area contributed by atoms with Crippen LogP contribution in [0.15, 0.2) is 29.2 Å². The molecule has 1 aromatic rings. The lowest BCUT2D eigenvalue weighted by atomic mass is 9.75. The van der Waals surface area contributed by atoms with E-state index >= 15 is 0 Å². The molecule has 6 nitrogen and oxygen atoms in total. The number of nitrogens with zero attached hydrogens (tertiary/aromatic N) is 3. The van der Waals surface area contributed by atoms with E-state index in [9.17, 15) is 8.42 Å². The highest BCUT2D eigenvalue weighted by molar-refractivity contribution is 7.89. The summed E-state index contributed by atoms with van der Waals surface area (Å²) in [5.74, 6) is 0. The number of ether oxygens (including phenoxy) is 1. The summed E-state index contributed by atoms with van der Waals surface area (Å²) in [5, 5.41) is 8.88. The second-order valence-corrected chi connectivity index (χ2v) is 8.83. The monoisotopic (exact) mass is 349 g/mol. The zero-order valence-corrected chi connectivity index (χ0v) is 14.9. The largest absolute Gasteiger partial charge is 0.381 e. The van der Waals surface area contributed by atoms with Crippen LogP contribution in [0.4, 0.5) is 0 Å². The molecule has 2 saturated heterocycles. The Balaban J connectivity index is 1.90. The first kappa shape index (κ1) is 17.4. The van der Waals surface area contributed by atoms with Gasteiger partial charge in [-0.1, -0.05) is 0 Å². The van der Waals surface area contributed by atoms with Gasteiger partial charge >= 0.3 is 0 Å². The molecule has 2 aliphatic rings. The summed E-state index contributed by atoms with van der Waals surface area (Å²) < 4.78 is 33.1. The fourth-order valence-electron chi connectivity index (χ4n) is 3.92. The van der Waals surface area contributed by atoms with Crippen LogP contribution < -0.4 is 0 Å². The van der Waals surface area contributed by atoms with Gasteiger partial charge in [0, 0.05) is 37.8 Å². The van der Waals surface area contributed by atoms with E-state index < -0.39 is 10.0 Å². The molecule has 7 heteroatoms. The lowest BCUT2D eigenvalue weighted by molar-refractivity contribution is -0.00716. The summed E-state index contributed by atoms with van der Waals surface area (Å²) in [6.45, 7) is 2.40. The zero-order chi connectivity index (χ0) is 17.4. The Morgan fingerprint density at radius 1 is 1.25 bits per heavy atom. The third-order valence-corrected chi connectivity index (χ3v) is 7.13. The van der Waals surface area contributed by atoms with E-state index in [0.29, 0.717) is 31.9 Å². The van der Waals surface area contributed by atoms with Gasteiger partial charge in [-0.05, 0) is 51.2 Å². The van der Waals surface area contributed by atoms with Crippen molar-refractivity contribution < 1.29 is 13.2 Å². The smallest absolute Gasteiger partial charge is 0.243 e. The minimum atomic E-state index is -3.55. The van der Waals surface area contributed by atoms with Crippen molar-refractivity contribution in [2.75, 3.05) is 40.4 Å². The molecule has 0 bridgehead atoms. The quantitative estimate of drug-likeness (QED) is 0.822. The fourth-order valence-corrected chi connectivity index (χ4v) is 5.46. The van der Waals surface area contributed by atoms with Crippen LogP contribution in [0.1, 0.15) is 18.4 Å². The summed E-state index contributed by atoms with van der Waals surface area (Å²) in [5.41, 5.74) is 0.420. The van der Waals surface area contributed by atoms with Crippen molar-refractivity contribution >= 4 is 10.0 Å². The first-order chi connectivity index (χ1) is 11.4. The molecule has 0 saturated carbocycles. The predicted octanol–water partition coefficient (Wildman–Crippen LogP) is 1.29. The normalized spacial score (nSPS) is 24.3. The van der Waals surface area contributed by atoms with Gasteiger partial charge in [-0.15, -0.1) is 0 Å². The molecule has 2 aliphatic heterocycles. The van der Waals surface area contributed by atoms with E-state index in [-0.39, 0.29) is 16.4 Å². The molecule has 3 rings (SSSR count). The molecule has 1 unspecified atom stereocenters. The molecular formula is C17H23N3O3S. The molecule has 1 spiro atoms. The van der Waals surface area contributed by atoms with Crippen molar-refractivity contribution in [1.29, 1.82) is 5.26 Å². The number of hydrogen-bond donors (Lipinski definition) is 0. The predicted molar refractivity (Wildman–Crippen MR) is 89.9 cm³/mol. The Bertz CT molecular complexity index is 731. The van der Waals surface area contributed by atoms with E-state index in [1.165, 1.54) is 12.1 Å². The van der Waals surface area contributed by atoms with E-state index in [2.05, 4.69) is 4.90 Å². The molecule has 1 atom stereocenters. The van der Waals surface area contributed by atoms with Gasteiger partial charge in [-0.2, -0.15) is 9.57 Å². The van der Waals surface area contributed by atoms with Gasteiger partial charge in [-0.25, -0.2) is 8.42 Å². The van der Waals surface area contributed by atoms with Crippen LogP contribution >= 0.6 is 0 Å². The van der Waals surface area contributed by atoms with Crippen LogP contribution in [-0.2, 0) is 14.8 Å². The van der Waals surface area contributed by atoms with E-state index in [1.807, 2.05) is 20.2 Å². The van der Waals surface area contributed by atoms with Crippen molar-refractivity contribution in [2.24, 2.45) is 5.41 Å². The van der Waals surface area contributed by atoms with Gasteiger partial charge in [0.15, 0.2) is 0 Å². The minimum absolute atomic E-state index is 0.0403. The van der Waals surface area contributed by atoms with E-state index in [0.717, 1.165) is 12.8 Å². The number of benzene rings is 1. The van der Waals surface area contributed by atoms with E-state index in [4.69, 9.17) is 10.00 Å². The van der Waals surface area contributed by atoms with Gasteiger partial charge in [-0.3, -0.25) is 0 Å². The summed E-state index contributed by atoms with van der Waals surface area (Å²) >= 11 is 0. The van der Waals surface area contributed by atoms with Crippen molar-refractivity contribution in [2.45, 2.75) is 23.8 Å². The Morgan fingerprint density at radius 2 is 1.88 bits per heavy atom. The molecular weight excluding hydrogens is 326 g/mol. The molecule has 2 fully saturated rings. The van der Waals surface area contributed by atoms with Crippen molar-refractivity contribution in [3.05, 3.63) is 29.8 Å². The number of likely N-dealkylation sites (N-methyl/N-ethyl adjacent to an activating group) is 1. The van der Waals surface area contributed by atoms with Crippen LogP contribution in [0.2, 0.25) is 0 Å². The lowest BCUT2D eigenvalue weighted by Gasteiger charge is -2.40. The first-order valence-corrected chi connectivity index (χ1v) is 9.58. The van der Waals surface area contributed by atoms with Crippen LogP contribution in [-0.4, -0.2) is 64.1 Å². The number of nitriles is 1. The summed E-state index contributed by atoms with van der Waals surface area (Å²) in [7, 11) is 0.478. The molecule has 0 N–H and O–H groups in total. The van der Waals surface area contributed by atoms with E-state index in [1.54, 1.807) is 16.4 Å². The molecule has 2 heterocycles. The summed E-state index contributed by atoms with van der Waals surface area (Å²) in [6, 6.07) is 8.35. The second kappa shape index (κ2) is 6.45. The van der Waals surface area contributed by atoms with Crippen molar-refractivity contribution in [1.82, 2.24) is 9.21 Å². The number of sulfonamides is 1. The van der Waals surface area contributed by atoms with Crippen LogP contribution in [0.25, 0.3) is 0 Å². The topological polar surface area (TPSA) is 73.6 Å². The molecule has 0 aromatic heterocycles. The average molecular weight is 349 g/mol. The fraction of sp³-hybridized carbons (Fsp3) is 0.588. The highest BCUT2D eigenvalue weighted by atomic mass is 32.2. The Labute approximate surface area is 143 Å². The van der Waals surface area contributed by atoms with Gasteiger partial charge < -0.3 is 9.64 Å². The van der Waals surface area contributed by atoms with Crippen LogP contribution in [0.3, 0.4) is 0 Å². The summed E-state index contributed by atoms with van der Waals surface area (Å²) in [4.78, 5) is 2.39. The van der Waals surface area contributed by atoms with Gasteiger partial charge in [0.05, 0.1) is 16.5 Å². The first-order valence-electron chi connectivity index (χ1n) is 8.14. The maximum atomic E-state index is 13.0. The highest BCUT2D eigenvalue weighted by Gasteiger charge is 2.51. The van der Waals surface area contributed by atoms with Gasteiger partial charge in [0.1, 0.15) is 0 Å². The molecule has 130 valence electrons.